The topological polar surface area (TPSA) is 9.23 Å². The van der Waals surface area contributed by atoms with Gasteiger partial charge in [0.15, 0.2) is 0 Å². The second-order valence-corrected chi connectivity index (χ2v) is 4.89. The Morgan fingerprint density at radius 2 is 1.92 bits per heavy atom. The van der Waals surface area contributed by atoms with Crippen LogP contribution in [-0.2, 0) is 4.74 Å². The molecule has 1 aliphatic rings. The van der Waals surface area contributed by atoms with Gasteiger partial charge in [-0.3, -0.25) is 0 Å². The van der Waals surface area contributed by atoms with Gasteiger partial charge < -0.3 is 4.74 Å². The van der Waals surface area contributed by atoms with Crippen molar-refractivity contribution < 1.29 is 4.74 Å². The van der Waals surface area contributed by atoms with E-state index in [1.807, 2.05) is 0 Å². The highest BCUT2D eigenvalue weighted by atomic mass is 16.5. The van der Waals surface area contributed by atoms with E-state index in [2.05, 4.69) is 34.3 Å². The van der Waals surface area contributed by atoms with Gasteiger partial charge in [0, 0.05) is 5.92 Å². The quantitative estimate of drug-likeness (QED) is 0.539. The molecule has 0 bridgehead atoms. The number of hydrogen-bond donors (Lipinski definition) is 0. The SMILES string of the molecule is C=C1OC(C)CCC1C(C)(C)C. The third kappa shape index (κ3) is 2.02. The summed E-state index contributed by atoms with van der Waals surface area (Å²) < 4.78 is 5.63. The van der Waals surface area contributed by atoms with Crippen molar-refractivity contribution in [1.29, 1.82) is 0 Å². The maximum Gasteiger partial charge on any atom is 0.0954 e. The Hall–Kier alpha value is -0.460. The molecule has 1 saturated heterocycles. The molecule has 1 heterocycles. The lowest BCUT2D eigenvalue weighted by molar-refractivity contribution is 0.0256. The fraction of sp³-hybridized carbons (Fsp3) is 0.818. The fourth-order valence-electron chi connectivity index (χ4n) is 1.88. The van der Waals surface area contributed by atoms with Gasteiger partial charge in [0.25, 0.3) is 0 Å². The Bertz CT molecular complexity index is 176. The molecular weight excluding hydrogens is 148 g/mol. The number of ether oxygens (including phenoxy) is 1. The summed E-state index contributed by atoms with van der Waals surface area (Å²) in [4.78, 5) is 0. The van der Waals surface area contributed by atoms with E-state index in [1.54, 1.807) is 0 Å². The van der Waals surface area contributed by atoms with E-state index in [0.717, 1.165) is 5.76 Å². The van der Waals surface area contributed by atoms with Crippen molar-refractivity contribution in [2.45, 2.75) is 46.6 Å². The van der Waals surface area contributed by atoms with Gasteiger partial charge in [-0.1, -0.05) is 27.4 Å². The molecule has 0 saturated carbocycles. The molecule has 1 aliphatic heterocycles. The van der Waals surface area contributed by atoms with E-state index >= 15 is 0 Å². The van der Waals surface area contributed by atoms with Crippen LogP contribution in [-0.4, -0.2) is 6.10 Å². The number of rotatable bonds is 0. The molecule has 0 amide bonds. The lowest BCUT2D eigenvalue weighted by atomic mass is 9.75. The van der Waals surface area contributed by atoms with Gasteiger partial charge in [-0.15, -0.1) is 0 Å². The highest BCUT2D eigenvalue weighted by molar-refractivity contribution is 5.00. The van der Waals surface area contributed by atoms with E-state index < -0.39 is 0 Å². The second kappa shape index (κ2) is 3.12. The third-order valence-electron chi connectivity index (χ3n) is 2.65. The Balaban J connectivity index is 2.63. The summed E-state index contributed by atoms with van der Waals surface area (Å²) in [6.07, 6.45) is 2.76. The maximum atomic E-state index is 5.63. The lowest BCUT2D eigenvalue weighted by Crippen LogP contribution is -2.30. The molecule has 2 atom stereocenters. The molecule has 70 valence electrons. The largest absolute Gasteiger partial charge is 0.495 e. The Morgan fingerprint density at radius 3 is 2.33 bits per heavy atom. The van der Waals surface area contributed by atoms with Crippen LogP contribution < -0.4 is 0 Å². The van der Waals surface area contributed by atoms with Crippen molar-refractivity contribution in [2.24, 2.45) is 11.3 Å². The zero-order chi connectivity index (χ0) is 9.35. The van der Waals surface area contributed by atoms with E-state index in [1.165, 1.54) is 12.8 Å². The molecule has 0 aromatic heterocycles. The molecule has 1 fully saturated rings. The maximum absolute atomic E-state index is 5.63. The minimum absolute atomic E-state index is 0.303. The van der Waals surface area contributed by atoms with E-state index in [0.29, 0.717) is 17.4 Å². The molecule has 0 aliphatic carbocycles. The molecule has 0 aromatic rings. The second-order valence-electron chi connectivity index (χ2n) is 4.89. The zero-order valence-corrected chi connectivity index (χ0v) is 8.68. The molecule has 1 nitrogen and oxygen atoms in total. The molecule has 12 heavy (non-hydrogen) atoms. The summed E-state index contributed by atoms with van der Waals surface area (Å²) in [6, 6.07) is 0. The first kappa shape index (κ1) is 9.63. The highest BCUT2D eigenvalue weighted by Crippen LogP contribution is 2.39. The van der Waals surface area contributed by atoms with Crippen LogP contribution >= 0.6 is 0 Å². The molecule has 0 aromatic carbocycles. The zero-order valence-electron chi connectivity index (χ0n) is 8.68. The van der Waals surface area contributed by atoms with Gasteiger partial charge >= 0.3 is 0 Å². The summed E-state index contributed by atoms with van der Waals surface area (Å²) in [7, 11) is 0. The average molecular weight is 168 g/mol. The van der Waals surface area contributed by atoms with Crippen LogP contribution in [0.25, 0.3) is 0 Å². The van der Waals surface area contributed by atoms with Crippen LogP contribution in [0.2, 0.25) is 0 Å². The summed E-state index contributed by atoms with van der Waals surface area (Å²) in [5.41, 5.74) is 0.303. The molecule has 1 rings (SSSR count). The van der Waals surface area contributed by atoms with Crippen LogP contribution in [0.5, 0.6) is 0 Å². The molecule has 0 radical (unpaired) electrons. The van der Waals surface area contributed by atoms with Crippen LogP contribution in [0.4, 0.5) is 0 Å². The summed E-state index contributed by atoms with van der Waals surface area (Å²) in [5, 5.41) is 0. The highest BCUT2D eigenvalue weighted by Gasteiger charge is 2.32. The molecular formula is C11H20O. The van der Waals surface area contributed by atoms with E-state index in [-0.39, 0.29) is 0 Å². The first-order valence-corrected chi connectivity index (χ1v) is 4.76. The van der Waals surface area contributed by atoms with Crippen LogP contribution in [0, 0.1) is 11.3 Å². The number of hydrogen-bond acceptors (Lipinski definition) is 1. The summed E-state index contributed by atoms with van der Waals surface area (Å²) in [5.74, 6) is 1.52. The lowest BCUT2D eigenvalue weighted by Gasteiger charge is -2.37. The van der Waals surface area contributed by atoms with Crippen molar-refractivity contribution in [3.8, 4) is 0 Å². The molecule has 0 spiro atoms. The van der Waals surface area contributed by atoms with Crippen LogP contribution in [0.1, 0.15) is 40.5 Å². The minimum atomic E-state index is 0.303. The minimum Gasteiger partial charge on any atom is -0.495 e. The average Bonchev–Trinajstić information content (AvgIpc) is 1.83. The van der Waals surface area contributed by atoms with Gasteiger partial charge in [-0.05, 0) is 25.2 Å². The predicted molar refractivity (Wildman–Crippen MR) is 51.9 cm³/mol. The van der Waals surface area contributed by atoms with Crippen molar-refractivity contribution in [2.75, 3.05) is 0 Å². The Labute approximate surface area is 75.8 Å². The molecule has 2 unspecified atom stereocenters. The summed E-state index contributed by atoms with van der Waals surface area (Å²) in [6.45, 7) is 12.9. The Kier molecular flexibility index (Phi) is 2.50. The van der Waals surface area contributed by atoms with Gasteiger partial charge in [-0.2, -0.15) is 0 Å². The van der Waals surface area contributed by atoms with Crippen molar-refractivity contribution in [1.82, 2.24) is 0 Å². The van der Waals surface area contributed by atoms with E-state index in [4.69, 9.17) is 4.74 Å². The first-order chi connectivity index (χ1) is 5.41. The molecule has 0 N–H and O–H groups in total. The monoisotopic (exact) mass is 168 g/mol. The van der Waals surface area contributed by atoms with Crippen molar-refractivity contribution in [3.63, 3.8) is 0 Å². The predicted octanol–water partition coefficient (Wildman–Crippen LogP) is 3.36. The summed E-state index contributed by atoms with van der Waals surface area (Å²) >= 11 is 0. The fourth-order valence-corrected chi connectivity index (χ4v) is 1.88. The normalized spacial score (nSPS) is 31.5. The van der Waals surface area contributed by atoms with Gasteiger partial charge in [-0.25, -0.2) is 0 Å². The molecule has 1 heteroatoms. The van der Waals surface area contributed by atoms with E-state index in [9.17, 15) is 0 Å². The third-order valence-corrected chi connectivity index (χ3v) is 2.65. The van der Waals surface area contributed by atoms with Gasteiger partial charge in [0.1, 0.15) is 0 Å². The Morgan fingerprint density at radius 1 is 1.33 bits per heavy atom. The van der Waals surface area contributed by atoms with Crippen LogP contribution in [0.3, 0.4) is 0 Å². The first-order valence-electron chi connectivity index (χ1n) is 4.76. The van der Waals surface area contributed by atoms with Crippen molar-refractivity contribution >= 4 is 0 Å². The number of allylic oxidation sites excluding steroid dienone is 1. The van der Waals surface area contributed by atoms with Gasteiger partial charge in [0.2, 0.25) is 0 Å². The standard InChI is InChI=1S/C11H20O/c1-8-6-7-10(9(2)12-8)11(3,4)5/h8,10H,2,6-7H2,1,3-5H3. The van der Waals surface area contributed by atoms with Crippen molar-refractivity contribution in [3.05, 3.63) is 12.3 Å². The van der Waals surface area contributed by atoms with Gasteiger partial charge in [0.05, 0.1) is 11.9 Å². The smallest absolute Gasteiger partial charge is 0.0954 e. The van der Waals surface area contributed by atoms with Crippen LogP contribution in [0.15, 0.2) is 12.3 Å².